The minimum absolute atomic E-state index is 0. The van der Waals surface area contributed by atoms with E-state index in [0.717, 1.165) is 36.4 Å². The second kappa shape index (κ2) is 7.87. The van der Waals surface area contributed by atoms with Crippen LogP contribution in [0.1, 0.15) is 44.2 Å². The van der Waals surface area contributed by atoms with Crippen molar-refractivity contribution in [2.75, 3.05) is 6.54 Å². The fourth-order valence-electron chi connectivity index (χ4n) is 2.67. The Labute approximate surface area is 131 Å². The topological polar surface area (TPSA) is 46.3 Å². The number of carbonyl (C=O) groups is 1. The van der Waals surface area contributed by atoms with Gasteiger partial charge in [0, 0.05) is 11.6 Å². The van der Waals surface area contributed by atoms with Crippen molar-refractivity contribution in [2.24, 2.45) is 5.73 Å². The third-order valence-electron chi connectivity index (χ3n) is 3.68. The number of likely N-dealkylation sites (tertiary alicyclic amines) is 1. The molecule has 0 aliphatic carbocycles. The van der Waals surface area contributed by atoms with E-state index in [0.29, 0.717) is 0 Å². The summed E-state index contributed by atoms with van der Waals surface area (Å²) in [4.78, 5) is 14.2. The van der Waals surface area contributed by atoms with Gasteiger partial charge in [0.25, 0.3) is 0 Å². The van der Waals surface area contributed by atoms with Crippen molar-refractivity contribution in [1.82, 2.24) is 4.90 Å². The molecule has 1 aliphatic rings. The van der Waals surface area contributed by atoms with E-state index in [-0.39, 0.29) is 24.4 Å². The summed E-state index contributed by atoms with van der Waals surface area (Å²) in [5.74, 6) is 0.0434. The summed E-state index contributed by atoms with van der Waals surface area (Å²) in [5, 5.41) is 0.724. The van der Waals surface area contributed by atoms with E-state index in [1.807, 2.05) is 29.2 Å². The van der Waals surface area contributed by atoms with Gasteiger partial charge in [0.05, 0.1) is 12.1 Å². The Kier molecular flexibility index (Phi) is 6.80. The largest absolute Gasteiger partial charge is 0.334 e. The van der Waals surface area contributed by atoms with Crippen LogP contribution in [0, 0.1) is 0 Å². The molecule has 2 N–H and O–H groups in total. The summed E-state index contributed by atoms with van der Waals surface area (Å²) in [6, 6.07) is 7.50. The molecule has 1 aromatic rings. The van der Waals surface area contributed by atoms with E-state index in [4.69, 9.17) is 17.3 Å². The van der Waals surface area contributed by atoms with Crippen LogP contribution in [0.2, 0.25) is 5.02 Å². The minimum Gasteiger partial charge on any atom is -0.334 e. The first-order chi connectivity index (χ1) is 9.09. The highest BCUT2D eigenvalue weighted by Crippen LogP contribution is 2.31. The molecule has 1 saturated heterocycles. The molecule has 1 fully saturated rings. The Morgan fingerprint density at radius 2 is 1.95 bits per heavy atom. The number of hydrogen-bond donors (Lipinski definition) is 1. The Bertz CT molecular complexity index is 434. The van der Waals surface area contributed by atoms with Gasteiger partial charge in [-0.15, -0.1) is 12.4 Å². The Morgan fingerprint density at radius 1 is 1.30 bits per heavy atom. The zero-order valence-electron chi connectivity index (χ0n) is 11.7. The number of benzene rings is 1. The summed E-state index contributed by atoms with van der Waals surface area (Å²) in [6.45, 7) is 2.56. The number of amides is 1. The molecule has 0 spiro atoms. The van der Waals surface area contributed by atoms with Crippen molar-refractivity contribution in [3.8, 4) is 0 Å². The average Bonchev–Trinajstić information content (AvgIpc) is 2.64. The van der Waals surface area contributed by atoms with Gasteiger partial charge in [-0.3, -0.25) is 4.79 Å². The van der Waals surface area contributed by atoms with Crippen LogP contribution < -0.4 is 5.73 Å². The monoisotopic (exact) mass is 316 g/mol. The quantitative estimate of drug-likeness (QED) is 0.906. The number of hydrogen-bond acceptors (Lipinski definition) is 2. The van der Waals surface area contributed by atoms with E-state index < -0.39 is 6.04 Å². The van der Waals surface area contributed by atoms with Gasteiger partial charge in [-0.1, -0.05) is 36.6 Å². The predicted octanol–water partition coefficient (Wildman–Crippen LogP) is 3.55. The van der Waals surface area contributed by atoms with Gasteiger partial charge in [-0.05, 0) is 37.5 Å². The molecule has 5 heteroatoms. The molecule has 2 atom stereocenters. The molecule has 112 valence electrons. The van der Waals surface area contributed by atoms with E-state index in [2.05, 4.69) is 0 Å². The van der Waals surface area contributed by atoms with Crippen LogP contribution in [0.15, 0.2) is 24.3 Å². The van der Waals surface area contributed by atoms with Crippen LogP contribution in [-0.2, 0) is 4.79 Å². The third-order valence-corrected chi connectivity index (χ3v) is 3.93. The molecule has 0 aromatic heterocycles. The maximum absolute atomic E-state index is 12.3. The van der Waals surface area contributed by atoms with Gasteiger partial charge < -0.3 is 10.6 Å². The lowest BCUT2D eigenvalue weighted by Crippen LogP contribution is -2.44. The van der Waals surface area contributed by atoms with Crippen LogP contribution in [0.5, 0.6) is 0 Å². The van der Waals surface area contributed by atoms with E-state index in [1.54, 1.807) is 6.92 Å². The minimum atomic E-state index is -0.437. The van der Waals surface area contributed by atoms with Crippen LogP contribution in [0.4, 0.5) is 0 Å². The molecular formula is C15H22Cl2N2O. The standard InChI is InChI=1S/C15H21ClN2O.ClH/c1-11(17)15(19)18-10-4-2-3-5-14(18)12-6-8-13(16)9-7-12;/h6-9,11,14H,2-5,10,17H2,1H3;1H/t11-,14?;/m1./s1. The summed E-state index contributed by atoms with van der Waals surface area (Å²) in [5.41, 5.74) is 6.92. The molecule has 0 saturated carbocycles. The lowest BCUT2D eigenvalue weighted by Gasteiger charge is -2.31. The second-order valence-electron chi connectivity index (χ2n) is 5.24. The van der Waals surface area contributed by atoms with Gasteiger partial charge in [0.15, 0.2) is 0 Å². The van der Waals surface area contributed by atoms with Crippen molar-refractivity contribution < 1.29 is 4.79 Å². The molecule has 1 heterocycles. The van der Waals surface area contributed by atoms with Crippen molar-refractivity contribution in [2.45, 2.75) is 44.7 Å². The fourth-order valence-corrected chi connectivity index (χ4v) is 2.79. The number of rotatable bonds is 2. The first-order valence-electron chi connectivity index (χ1n) is 6.91. The van der Waals surface area contributed by atoms with E-state index >= 15 is 0 Å². The molecule has 0 bridgehead atoms. The molecule has 2 rings (SSSR count). The third kappa shape index (κ3) is 4.11. The summed E-state index contributed by atoms with van der Waals surface area (Å²) >= 11 is 5.93. The van der Waals surface area contributed by atoms with Crippen molar-refractivity contribution in [3.63, 3.8) is 0 Å². The smallest absolute Gasteiger partial charge is 0.239 e. The lowest BCUT2D eigenvalue weighted by molar-refractivity contribution is -0.134. The highest BCUT2D eigenvalue weighted by atomic mass is 35.5. The number of carbonyl (C=O) groups excluding carboxylic acids is 1. The summed E-state index contributed by atoms with van der Waals surface area (Å²) in [7, 11) is 0. The van der Waals surface area contributed by atoms with Crippen molar-refractivity contribution in [1.29, 1.82) is 0 Å². The molecule has 3 nitrogen and oxygen atoms in total. The first-order valence-corrected chi connectivity index (χ1v) is 7.29. The molecule has 0 radical (unpaired) electrons. The maximum Gasteiger partial charge on any atom is 0.239 e. The van der Waals surface area contributed by atoms with Gasteiger partial charge >= 0.3 is 0 Å². The average molecular weight is 317 g/mol. The summed E-state index contributed by atoms with van der Waals surface area (Å²) in [6.07, 6.45) is 4.38. The van der Waals surface area contributed by atoms with Gasteiger partial charge in [-0.2, -0.15) is 0 Å². The first kappa shape index (κ1) is 17.3. The maximum atomic E-state index is 12.3. The fraction of sp³-hybridized carbons (Fsp3) is 0.533. The van der Waals surface area contributed by atoms with Crippen LogP contribution in [0.25, 0.3) is 0 Å². The summed E-state index contributed by atoms with van der Waals surface area (Å²) < 4.78 is 0. The van der Waals surface area contributed by atoms with Crippen LogP contribution >= 0.6 is 24.0 Å². The number of halogens is 2. The number of nitrogens with zero attached hydrogens (tertiary/aromatic N) is 1. The van der Waals surface area contributed by atoms with Gasteiger partial charge in [0.1, 0.15) is 0 Å². The molecule has 1 amide bonds. The Balaban J connectivity index is 0.00000200. The normalized spacial score (nSPS) is 20.8. The number of nitrogens with two attached hydrogens (primary N) is 1. The SMILES string of the molecule is C[C@@H](N)C(=O)N1CCCCCC1c1ccc(Cl)cc1.Cl. The van der Waals surface area contributed by atoms with Crippen molar-refractivity contribution >= 4 is 29.9 Å². The Hall–Kier alpha value is -0.770. The second-order valence-corrected chi connectivity index (χ2v) is 5.67. The zero-order chi connectivity index (χ0) is 13.8. The van der Waals surface area contributed by atoms with E-state index in [9.17, 15) is 4.79 Å². The molecule has 1 aromatic carbocycles. The predicted molar refractivity (Wildman–Crippen MR) is 85.3 cm³/mol. The van der Waals surface area contributed by atoms with Crippen LogP contribution in [0.3, 0.4) is 0 Å². The lowest BCUT2D eigenvalue weighted by atomic mass is 10.0. The molecular weight excluding hydrogens is 295 g/mol. The molecule has 1 aliphatic heterocycles. The van der Waals surface area contributed by atoms with Crippen LogP contribution in [-0.4, -0.2) is 23.4 Å². The van der Waals surface area contributed by atoms with Gasteiger partial charge in [-0.25, -0.2) is 0 Å². The highest BCUT2D eigenvalue weighted by molar-refractivity contribution is 6.30. The highest BCUT2D eigenvalue weighted by Gasteiger charge is 2.28. The van der Waals surface area contributed by atoms with Gasteiger partial charge in [0.2, 0.25) is 5.91 Å². The molecule has 1 unspecified atom stereocenters. The Morgan fingerprint density at radius 3 is 2.55 bits per heavy atom. The van der Waals surface area contributed by atoms with E-state index in [1.165, 1.54) is 6.42 Å². The molecule has 20 heavy (non-hydrogen) atoms. The zero-order valence-corrected chi connectivity index (χ0v) is 13.3. The van der Waals surface area contributed by atoms with Crippen molar-refractivity contribution in [3.05, 3.63) is 34.9 Å².